The molecule has 0 bridgehead atoms. The van der Waals surface area contributed by atoms with Crippen molar-refractivity contribution in [3.63, 3.8) is 0 Å². The Hall–Kier alpha value is -3.78. The van der Waals surface area contributed by atoms with Gasteiger partial charge in [-0.25, -0.2) is 13.1 Å². The number of para-hydroxylation sites is 2. The first kappa shape index (κ1) is 24.3. The predicted octanol–water partition coefficient (Wildman–Crippen LogP) is 1.50. The highest BCUT2D eigenvalue weighted by molar-refractivity contribution is 7.89. The lowest BCUT2D eigenvalue weighted by molar-refractivity contribution is -0.386. The van der Waals surface area contributed by atoms with E-state index in [9.17, 15) is 23.3 Å². The number of nitrogens with zero attached hydrogens (tertiary/aromatic N) is 7. The van der Waals surface area contributed by atoms with Crippen LogP contribution in [-0.4, -0.2) is 74.2 Å². The average Bonchev–Trinajstić information content (AvgIpc) is 3.49. The number of nitro benzene ring substituents is 1. The number of hydrogen-bond donors (Lipinski definition) is 0. The Kier molecular flexibility index (Phi) is 6.84. The third-order valence-electron chi connectivity index (χ3n) is 5.64. The van der Waals surface area contributed by atoms with Crippen molar-refractivity contribution in [3.05, 3.63) is 64.2 Å². The number of aryl methyl sites for hydroxylation is 2. The summed E-state index contributed by atoms with van der Waals surface area (Å²) >= 11 is 0. The van der Waals surface area contributed by atoms with Crippen molar-refractivity contribution in [2.45, 2.75) is 32.0 Å². The molecule has 0 N–H and O–H groups in total. The Morgan fingerprint density at radius 3 is 2.49 bits per heavy atom. The van der Waals surface area contributed by atoms with Gasteiger partial charge in [0.1, 0.15) is 4.90 Å². The SMILES string of the molecule is CCn1cc(S(=O)(=O)N2CCN(C(=O)c3ccn(COc4ccccc4[N+](=O)[O-])n3)CC2)c(C)n1. The van der Waals surface area contributed by atoms with E-state index in [0.29, 0.717) is 12.2 Å². The number of carbonyl (C=O) groups excluding carboxylic acids is 1. The summed E-state index contributed by atoms with van der Waals surface area (Å²) in [6.45, 7) is 4.75. The van der Waals surface area contributed by atoms with Crippen LogP contribution < -0.4 is 4.74 Å². The fourth-order valence-corrected chi connectivity index (χ4v) is 5.35. The molecule has 1 aliphatic rings. The van der Waals surface area contributed by atoms with Gasteiger partial charge in [-0.15, -0.1) is 0 Å². The van der Waals surface area contributed by atoms with Gasteiger partial charge in [-0.3, -0.25) is 19.6 Å². The number of rotatable bonds is 8. The molecule has 4 rings (SSSR count). The number of ether oxygens (including phenoxy) is 1. The molecule has 14 heteroatoms. The Bertz CT molecular complexity index is 1340. The Morgan fingerprint density at radius 2 is 1.83 bits per heavy atom. The fraction of sp³-hybridized carbons (Fsp3) is 0.381. The Morgan fingerprint density at radius 1 is 1.11 bits per heavy atom. The van der Waals surface area contributed by atoms with Gasteiger partial charge in [0.2, 0.25) is 10.0 Å². The normalized spacial score (nSPS) is 14.7. The van der Waals surface area contributed by atoms with Crippen LogP contribution in [0.4, 0.5) is 5.69 Å². The molecule has 1 amide bonds. The summed E-state index contributed by atoms with van der Waals surface area (Å²) in [5, 5.41) is 19.5. The standard InChI is InChI=1S/C21H25N7O6S/c1-3-25-14-20(16(2)22-25)35(32,33)27-12-10-24(11-13-27)21(29)17-8-9-26(23-17)15-34-19-7-5-4-6-18(19)28(30)31/h4-9,14H,3,10-13,15H2,1-2H3. The van der Waals surface area contributed by atoms with E-state index >= 15 is 0 Å². The van der Waals surface area contributed by atoms with Crippen molar-refractivity contribution < 1.29 is 22.9 Å². The molecule has 0 atom stereocenters. The van der Waals surface area contributed by atoms with Crippen LogP contribution in [-0.2, 0) is 23.3 Å². The zero-order valence-corrected chi connectivity index (χ0v) is 20.1. The van der Waals surface area contributed by atoms with Gasteiger partial charge in [0.25, 0.3) is 5.91 Å². The number of benzene rings is 1. The molecule has 35 heavy (non-hydrogen) atoms. The van der Waals surface area contributed by atoms with E-state index < -0.39 is 14.9 Å². The zero-order chi connectivity index (χ0) is 25.2. The number of amides is 1. The van der Waals surface area contributed by atoms with Gasteiger partial charge in [-0.2, -0.15) is 14.5 Å². The van der Waals surface area contributed by atoms with Crippen LogP contribution in [0.3, 0.4) is 0 Å². The smallest absolute Gasteiger partial charge is 0.311 e. The predicted molar refractivity (Wildman–Crippen MR) is 123 cm³/mol. The summed E-state index contributed by atoms with van der Waals surface area (Å²) in [6.07, 6.45) is 3.07. The first-order chi connectivity index (χ1) is 16.7. The third-order valence-corrected chi connectivity index (χ3v) is 7.64. The minimum atomic E-state index is -3.71. The summed E-state index contributed by atoms with van der Waals surface area (Å²) in [5.41, 5.74) is 0.451. The van der Waals surface area contributed by atoms with Crippen molar-refractivity contribution in [2.75, 3.05) is 26.2 Å². The van der Waals surface area contributed by atoms with Crippen LogP contribution in [0.5, 0.6) is 5.75 Å². The summed E-state index contributed by atoms with van der Waals surface area (Å²) in [5.74, 6) is -0.237. The highest BCUT2D eigenvalue weighted by Crippen LogP contribution is 2.26. The van der Waals surface area contributed by atoms with Gasteiger partial charge in [-0.1, -0.05) is 12.1 Å². The summed E-state index contributed by atoms with van der Waals surface area (Å²) in [4.78, 5) is 25.2. The van der Waals surface area contributed by atoms with E-state index in [1.807, 2.05) is 6.92 Å². The Labute approximate surface area is 201 Å². The topological polar surface area (TPSA) is 146 Å². The lowest BCUT2D eigenvalue weighted by Gasteiger charge is -2.33. The molecule has 3 heterocycles. The first-order valence-electron chi connectivity index (χ1n) is 10.9. The van der Waals surface area contributed by atoms with Crippen LogP contribution in [0.15, 0.2) is 47.6 Å². The van der Waals surface area contributed by atoms with Gasteiger partial charge >= 0.3 is 5.69 Å². The third kappa shape index (κ3) is 5.02. The molecule has 13 nitrogen and oxygen atoms in total. The van der Waals surface area contributed by atoms with Crippen molar-refractivity contribution in [2.24, 2.45) is 0 Å². The summed E-state index contributed by atoms with van der Waals surface area (Å²) in [7, 11) is -3.71. The maximum Gasteiger partial charge on any atom is 0.311 e. The molecule has 0 spiro atoms. The molecule has 0 radical (unpaired) electrons. The van der Waals surface area contributed by atoms with Crippen LogP contribution in [0, 0.1) is 17.0 Å². The number of aromatic nitrogens is 4. The van der Waals surface area contributed by atoms with E-state index in [0.717, 1.165) is 0 Å². The second-order valence-corrected chi connectivity index (χ2v) is 9.78. The van der Waals surface area contributed by atoms with Crippen LogP contribution >= 0.6 is 0 Å². The highest BCUT2D eigenvalue weighted by atomic mass is 32.2. The van der Waals surface area contributed by atoms with Crippen molar-refractivity contribution >= 4 is 21.6 Å². The molecule has 1 saturated heterocycles. The average molecular weight is 504 g/mol. The molecule has 1 aromatic carbocycles. The van der Waals surface area contributed by atoms with E-state index in [1.165, 1.54) is 39.6 Å². The first-order valence-corrected chi connectivity index (χ1v) is 12.4. The molecule has 1 aliphatic heterocycles. The number of sulfonamides is 1. The number of nitro groups is 1. The zero-order valence-electron chi connectivity index (χ0n) is 19.3. The minimum Gasteiger partial charge on any atom is -0.464 e. The van der Waals surface area contributed by atoms with Crippen LogP contribution in [0.1, 0.15) is 23.1 Å². The summed E-state index contributed by atoms with van der Waals surface area (Å²) < 4.78 is 35.9. The van der Waals surface area contributed by atoms with Gasteiger partial charge in [0, 0.05) is 51.2 Å². The lowest BCUT2D eigenvalue weighted by atomic mass is 10.3. The quantitative estimate of drug-likeness (QED) is 0.332. The van der Waals surface area contributed by atoms with E-state index in [4.69, 9.17) is 4.74 Å². The van der Waals surface area contributed by atoms with E-state index in [1.54, 1.807) is 28.6 Å². The van der Waals surface area contributed by atoms with Crippen molar-refractivity contribution in [1.82, 2.24) is 28.8 Å². The molecular weight excluding hydrogens is 478 g/mol. The number of hydrogen-bond acceptors (Lipinski definition) is 8. The minimum absolute atomic E-state index is 0.0953. The second-order valence-electron chi connectivity index (χ2n) is 7.87. The fourth-order valence-electron chi connectivity index (χ4n) is 3.76. The molecule has 0 unspecified atom stereocenters. The highest BCUT2D eigenvalue weighted by Gasteiger charge is 2.33. The summed E-state index contributed by atoms with van der Waals surface area (Å²) in [6, 6.07) is 7.51. The molecule has 186 valence electrons. The Balaban J connectivity index is 1.36. The van der Waals surface area contributed by atoms with Crippen molar-refractivity contribution in [1.29, 1.82) is 0 Å². The lowest BCUT2D eigenvalue weighted by Crippen LogP contribution is -2.50. The number of piperazine rings is 1. The number of carbonyl (C=O) groups is 1. The maximum absolute atomic E-state index is 13.0. The molecule has 0 aliphatic carbocycles. The molecular formula is C21H25N7O6S. The maximum atomic E-state index is 13.0. The largest absolute Gasteiger partial charge is 0.464 e. The van der Waals surface area contributed by atoms with Gasteiger partial charge in [-0.05, 0) is 26.0 Å². The van der Waals surface area contributed by atoms with Crippen molar-refractivity contribution in [3.8, 4) is 5.75 Å². The van der Waals surface area contributed by atoms with Gasteiger partial charge < -0.3 is 9.64 Å². The second kappa shape index (κ2) is 9.84. The van der Waals surface area contributed by atoms with Crippen LogP contribution in [0.2, 0.25) is 0 Å². The molecule has 3 aromatic rings. The van der Waals surface area contributed by atoms with Gasteiger partial charge in [0.15, 0.2) is 18.2 Å². The molecule has 1 fully saturated rings. The van der Waals surface area contributed by atoms with E-state index in [-0.39, 0.29) is 60.8 Å². The molecule has 0 saturated carbocycles. The van der Waals surface area contributed by atoms with Gasteiger partial charge in [0.05, 0.1) is 10.6 Å². The van der Waals surface area contributed by atoms with E-state index in [2.05, 4.69) is 10.2 Å². The monoisotopic (exact) mass is 503 g/mol. The molecule has 2 aromatic heterocycles. The van der Waals surface area contributed by atoms with Crippen LogP contribution in [0.25, 0.3) is 0 Å².